The predicted molar refractivity (Wildman–Crippen MR) is 263 cm³/mol. The molecular formula is C52H105N2O6P. The van der Waals surface area contributed by atoms with E-state index in [1.54, 1.807) is 6.08 Å². The number of carbonyl (C=O) groups is 1. The first-order valence-corrected chi connectivity index (χ1v) is 28.3. The number of carbonyl (C=O) groups excluding carboxylic acids is 1. The molecule has 0 aromatic carbocycles. The summed E-state index contributed by atoms with van der Waals surface area (Å²) < 4.78 is 22.2. The average molecular weight is 885 g/mol. The van der Waals surface area contributed by atoms with Crippen LogP contribution in [0, 0.1) is 0 Å². The van der Waals surface area contributed by atoms with Crippen LogP contribution in [-0.4, -0.2) is 47.8 Å². The number of rotatable bonds is 51. The molecule has 9 heteroatoms. The molecule has 0 aliphatic heterocycles. The molecule has 1 unspecified atom stereocenters. The van der Waals surface area contributed by atoms with Crippen molar-refractivity contribution in [2.24, 2.45) is 5.73 Å². The molecule has 1 amide bonds. The van der Waals surface area contributed by atoms with E-state index in [1.165, 1.54) is 225 Å². The number of aliphatic hydroxyl groups excluding tert-OH is 1. The fraction of sp³-hybridized carbons (Fsp3) is 0.942. The van der Waals surface area contributed by atoms with Crippen molar-refractivity contribution in [2.75, 3.05) is 19.8 Å². The minimum Gasteiger partial charge on any atom is -0.387 e. The molecule has 0 aliphatic rings. The van der Waals surface area contributed by atoms with Gasteiger partial charge in [-0.05, 0) is 19.3 Å². The highest BCUT2D eigenvalue weighted by molar-refractivity contribution is 7.47. The molecule has 0 spiro atoms. The zero-order valence-corrected chi connectivity index (χ0v) is 41.6. The summed E-state index contributed by atoms with van der Waals surface area (Å²) in [6.45, 7) is 4.18. The molecule has 0 saturated heterocycles. The number of amides is 1. The molecule has 0 heterocycles. The van der Waals surface area contributed by atoms with Crippen LogP contribution in [0.4, 0.5) is 0 Å². The SMILES string of the molecule is CCCCCCCCCCCCCCC/C=C/[C@@H](O)[C@H](COP(=O)(O)OCCN)NC(=O)CCCCCCCCCCCCCCCCCCCCCCCCCCCCC. The zero-order valence-electron chi connectivity index (χ0n) is 40.7. The molecule has 0 aliphatic carbocycles. The Hall–Kier alpha value is -0.760. The molecule has 0 bridgehead atoms. The van der Waals surface area contributed by atoms with Crippen molar-refractivity contribution in [1.82, 2.24) is 5.32 Å². The van der Waals surface area contributed by atoms with Crippen LogP contribution in [0.25, 0.3) is 0 Å². The third-order valence-electron chi connectivity index (χ3n) is 12.4. The summed E-state index contributed by atoms with van der Waals surface area (Å²) in [5, 5.41) is 13.7. The maximum absolute atomic E-state index is 12.8. The van der Waals surface area contributed by atoms with E-state index in [-0.39, 0.29) is 25.7 Å². The van der Waals surface area contributed by atoms with Crippen molar-refractivity contribution in [1.29, 1.82) is 0 Å². The van der Waals surface area contributed by atoms with Gasteiger partial charge in [0.1, 0.15) is 0 Å². The Labute approximate surface area is 379 Å². The highest BCUT2D eigenvalue weighted by Gasteiger charge is 2.26. The Morgan fingerprint density at radius 3 is 1.16 bits per heavy atom. The second kappa shape index (κ2) is 48.7. The maximum Gasteiger partial charge on any atom is 0.472 e. The first-order chi connectivity index (χ1) is 29.9. The number of phosphoric acid groups is 1. The fourth-order valence-corrected chi connectivity index (χ4v) is 9.07. The van der Waals surface area contributed by atoms with Crippen molar-refractivity contribution in [3.05, 3.63) is 12.2 Å². The first-order valence-electron chi connectivity index (χ1n) is 26.8. The van der Waals surface area contributed by atoms with E-state index in [9.17, 15) is 19.4 Å². The van der Waals surface area contributed by atoms with Crippen LogP contribution >= 0.6 is 7.82 Å². The van der Waals surface area contributed by atoms with Crippen molar-refractivity contribution in [3.8, 4) is 0 Å². The third-order valence-corrected chi connectivity index (χ3v) is 13.3. The number of unbranched alkanes of at least 4 members (excludes halogenated alkanes) is 39. The lowest BCUT2D eigenvalue weighted by Gasteiger charge is -2.23. The van der Waals surface area contributed by atoms with Gasteiger partial charge in [-0.2, -0.15) is 0 Å². The molecule has 3 atom stereocenters. The summed E-state index contributed by atoms with van der Waals surface area (Å²) in [6.07, 6.45) is 57.2. The maximum atomic E-state index is 12.8. The standard InChI is InChI=1S/C52H105N2O6P/c1-3-5-7-9-11-13-15-17-19-20-21-22-23-24-25-26-27-28-29-30-32-34-36-38-40-42-44-46-52(56)54-50(49-60-61(57,58)59-48-47-53)51(55)45-43-41-39-37-35-33-31-18-16-14-12-10-8-6-4-2/h43,45,50-51,55H,3-42,44,46-49,53H2,1-2H3,(H,54,56)(H,57,58)/b45-43+/t50-,51+/m0/s1. The monoisotopic (exact) mass is 885 g/mol. The minimum atomic E-state index is -4.34. The van der Waals surface area contributed by atoms with Gasteiger partial charge in [0, 0.05) is 13.0 Å². The average Bonchev–Trinajstić information content (AvgIpc) is 3.25. The molecular weight excluding hydrogens is 780 g/mol. The van der Waals surface area contributed by atoms with Gasteiger partial charge in [0.25, 0.3) is 0 Å². The number of aliphatic hydroxyl groups is 1. The molecule has 8 nitrogen and oxygen atoms in total. The van der Waals surface area contributed by atoms with E-state index in [4.69, 9.17) is 14.8 Å². The van der Waals surface area contributed by atoms with E-state index in [0.717, 1.165) is 38.5 Å². The Morgan fingerprint density at radius 1 is 0.525 bits per heavy atom. The van der Waals surface area contributed by atoms with Crippen LogP contribution < -0.4 is 11.1 Å². The molecule has 0 radical (unpaired) electrons. The number of hydrogen-bond donors (Lipinski definition) is 4. The van der Waals surface area contributed by atoms with E-state index < -0.39 is 20.0 Å². The fourth-order valence-electron chi connectivity index (χ4n) is 8.31. The van der Waals surface area contributed by atoms with Crippen LogP contribution in [0.5, 0.6) is 0 Å². The molecule has 0 fully saturated rings. The summed E-state index contributed by atoms with van der Waals surface area (Å²) in [4.78, 5) is 22.8. The lowest BCUT2D eigenvalue weighted by molar-refractivity contribution is -0.123. The van der Waals surface area contributed by atoms with Gasteiger partial charge >= 0.3 is 7.82 Å². The van der Waals surface area contributed by atoms with Gasteiger partial charge in [0.15, 0.2) is 0 Å². The third kappa shape index (κ3) is 47.0. The molecule has 61 heavy (non-hydrogen) atoms. The lowest BCUT2D eigenvalue weighted by atomic mass is 10.0. The van der Waals surface area contributed by atoms with E-state index in [1.807, 2.05) is 6.08 Å². The summed E-state index contributed by atoms with van der Waals surface area (Å²) in [7, 11) is -4.34. The summed E-state index contributed by atoms with van der Waals surface area (Å²) in [5.41, 5.74) is 5.39. The summed E-state index contributed by atoms with van der Waals surface area (Å²) >= 11 is 0. The molecule has 5 N–H and O–H groups in total. The van der Waals surface area contributed by atoms with Crippen LogP contribution in [0.15, 0.2) is 12.2 Å². The van der Waals surface area contributed by atoms with Gasteiger partial charge < -0.3 is 21.1 Å². The van der Waals surface area contributed by atoms with E-state index in [0.29, 0.717) is 6.42 Å². The Balaban J connectivity index is 3.94. The Bertz CT molecular complexity index is 968. The molecule has 0 saturated carbocycles. The van der Waals surface area contributed by atoms with Crippen molar-refractivity contribution >= 4 is 13.7 Å². The summed E-state index contributed by atoms with van der Waals surface area (Å²) in [6, 6.07) is -0.855. The number of hydrogen-bond acceptors (Lipinski definition) is 6. The van der Waals surface area contributed by atoms with Gasteiger partial charge in [-0.1, -0.05) is 270 Å². The van der Waals surface area contributed by atoms with Crippen molar-refractivity contribution in [3.63, 3.8) is 0 Å². The van der Waals surface area contributed by atoms with Crippen molar-refractivity contribution < 1.29 is 28.4 Å². The van der Waals surface area contributed by atoms with Gasteiger partial charge in [-0.3, -0.25) is 13.8 Å². The Kier molecular flexibility index (Phi) is 48.1. The highest BCUT2D eigenvalue weighted by Crippen LogP contribution is 2.43. The van der Waals surface area contributed by atoms with Crippen molar-refractivity contribution in [2.45, 2.75) is 296 Å². The molecule has 0 rings (SSSR count). The van der Waals surface area contributed by atoms with Gasteiger partial charge in [0.2, 0.25) is 5.91 Å². The lowest BCUT2D eigenvalue weighted by Crippen LogP contribution is -2.45. The van der Waals surface area contributed by atoms with E-state index in [2.05, 4.69) is 19.2 Å². The quantitative estimate of drug-likeness (QED) is 0.0272. The molecule has 0 aromatic heterocycles. The second-order valence-electron chi connectivity index (χ2n) is 18.5. The van der Waals surface area contributed by atoms with Crippen LogP contribution in [-0.2, 0) is 18.4 Å². The number of nitrogens with two attached hydrogens (primary N) is 1. The van der Waals surface area contributed by atoms with E-state index >= 15 is 0 Å². The topological polar surface area (TPSA) is 131 Å². The predicted octanol–water partition coefficient (Wildman–Crippen LogP) is 15.9. The number of phosphoric ester groups is 1. The normalized spacial score (nSPS) is 13.9. The summed E-state index contributed by atoms with van der Waals surface area (Å²) in [5.74, 6) is -0.187. The smallest absolute Gasteiger partial charge is 0.387 e. The van der Waals surface area contributed by atoms with Gasteiger partial charge in [-0.15, -0.1) is 0 Å². The zero-order chi connectivity index (χ0) is 44.6. The highest BCUT2D eigenvalue weighted by atomic mass is 31.2. The first kappa shape index (κ1) is 60.2. The molecule has 364 valence electrons. The second-order valence-corrected chi connectivity index (χ2v) is 19.9. The minimum absolute atomic E-state index is 0.0816. The van der Waals surface area contributed by atoms with Crippen LogP contribution in [0.2, 0.25) is 0 Å². The van der Waals surface area contributed by atoms with Gasteiger partial charge in [-0.25, -0.2) is 4.57 Å². The van der Waals surface area contributed by atoms with Crippen LogP contribution in [0.1, 0.15) is 284 Å². The molecule has 0 aromatic rings. The number of allylic oxidation sites excluding steroid dienone is 1. The number of nitrogens with one attached hydrogen (secondary N) is 1. The van der Waals surface area contributed by atoms with Gasteiger partial charge in [0.05, 0.1) is 25.4 Å². The van der Waals surface area contributed by atoms with Crippen LogP contribution in [0.3, 0.4) is 0 Å². The Morgan fingerprint density at radius 2 is 0.836 bits per heavy atom. The largest absolute Gasteiger partial charge is 0.472 e.